The zero-order chi connectivity index (χ0) is 9.30. The van der Waals surface area contributed by atoms with Crippen molar-refractivity contribution >= 4 is 15.9 Å². The van der Waals surface area contributed by atoms with Crippen LogP contribution in [0.15, 0.2) is 16.6 Å². The molecule has 1 aromatic carbocycles. The molecule has 0 heterocycles. The minimum Gasteiger partial charge on any atom is -0.508 e. The lowest BCUT2D eigenvalue weighted by atomic mass is 10.2. The lowest BCUT2D eigenvalue weighted by Gasteiger charge is -2.04. The predicted octanol–water partition coefficient (Wildman–Crippen LogP) is 3.23. The molecule has 0 aliphatic heterocycles. The van der Waals surface area contributed by atoms with Gasteiger partial charge in [0.15, 0.2) is 0 Å². The average Bonchev–Trinajstić information content (AvgIpc) is 1.82. The van der Waals surface area contributed by atoms with Crippen LogP contribution < -0.4 is 0 Å². The van der Waals surface area contributed by atoms with Crippen LogP contribution in [0.2, 0.25) is 0 Å². The van der Waals surface area contributed by atoms with Gasteiger partial charge in [-0.3, -0.25) is 0 Å². The standard InChI is InChI=1S/C7H4BrF3O/c8-4-1-3(12)2-5(9)6(4)7(10)11/h1-2,7,12H. The zero-order valence-corrected chi connectivity index (χ0v) is 7.28. The van der Waals surface area contributed by atoms with Crippen molar-refractivity contribution in [3.8, 4) is 5.75 Å². The van der Waals surface area contributed by atoms with Crippen molar-refractivity contribution < 1.29 is 18.3 Å². The zero-order valence-electron chi connectivity index (χ0n) is 5.69. The summed E-state index contributed by atoms with van der Waals surface area (Å²) in [6, 6.07) is 1.66. The number of rotatable bonds is 1. The van der Waals surface area contributed by atoms with Crippen molar-refractivity contribution in [2.24, 2.45) is 0 Å². The third-order valence-corrected chi connectivity index (χ3v) is 1.94. The summed E-state index contributed by atoms with van der Waals surface area (Å²) in [5.41, 5.74) is -0.729. The number of benzene rings is 1. The molecule has 1 nitrogen and oxygen atoms in total. The summed E-state index contributed by atoms with van der Waals surface area (Å²) in [6.07, 6.45) is -2.89. The number of halogens is 4. The molecular formula is C7H4BrF3O. The van der Waals surface area contributed by atoms with E-state index in [0.717, 1.165) is 6.07 Å². The molecule has 0 unspecified atom stereocenters. The monoisotopic (exact) mass is 240 g/mol. The molecule has 0 aliphatic rings. The van der Waals surface area contributed by atoms with Gasteiger partial charge in [-0.05, 0) is 6.07 Å². The predicted molar refractivity (Wildman–Crippen MR) is 40.7 cm³/mol. The molecule has 66 valence electrons. The lowest BCUT2D eigenvalue weighted by molar-refractivity contribution is 0.145. The van der Waals surface area contributed by atoms with Gasteiger partial charge in [0.05, 0.1) is 5.56 Å². The van der Waals surface area contributed by atoms with Crippen LogP contribution in [-0.2, 0) is 0 Å². The van der Waals surface area contributed by atoms with Crippen LogP contribution >= 0.6 is 15.9 Å². The molecule has 1 rings (SSSR count). The van der Waals surface area contributed by atoms with E-state index in [2.05, 4.69) is 15.9 Å². The molecule has 12 heavy (non-hydrogen) atoms. The lowest BCUT2D eigenvalue weighted by Crippen LogP contribution is -1.91. The van der Waals surface area contributed by atoms with Crippen molar-refractivity contribution in [2.75, 3.05) is 0 Å². The maximum atomic E-state index is 12.7. The first-order valence-corrected chi connectivity index (χ1v) is 3.77. The van der Waals surface area contributed by atoms with Gasteiger partial charge in [0.2, 0.25) is 0 Å². The Morgan fingerprint density at radius 1 is 1.33 bits per heavy atom. The first-order chi connectivity index (χ1) is 5.52. The van der Waals surface area contributed by atoms with Crippen LogP contribution in [0.4, 0.5) is 13.2 Å². The third-order valence-electron chi connectivity index (χ3n) is 1.28. The van der Waals surface area contributed by atoms with Gasteiger partial charge in [0, 0.05) is 10.5 Å². The van der Waals surface area contributed by atoms with E-state index in [-0.39, 0.29) is 10.2 Å². The fourth-order valence-corrected chi connectivity index (χ4v) is 1.38. The van der Waals surface area contributed by atoms with E-state index in [9.17, 15) is 13.2 Å². The number of phenols is 1. The molecule has 5 heteroatoms. The van der Waals surface area contributed by atoms with E-state index < -0.39 is 17.8 Å². The van der Waals surface area contributed by atoms with E-state index in [1.54, 1.807) is 0 Å². The van der Waals surface area contributed by atoms with Crippen LogP contribution in [0.3, 0.4) is 0 Å². The van der Waals surface area contributed by atoms with Crippen LogP contribution in [0, 0.1) is 5.82 Å². The molecule has 0 aromatic heterocycles. The maximum Gasteiger partial charge on any atom is 0.267 e. The number of phenolic OH excluding ortho intramolecular Hbond substituents is 1. The van der Waals surface area contributed by atoms with E-state index >= 15 is 0 Å². The second kappa shape index (κ2) is 3.35. The number of alkyl halides is 2. The Hall–Kier alpha value is -0.710. The first-order valence-electron chi connectivity index (χ1n) is 2.98. The molecule has 1 aromatic rings. The number of aromatic hydroxyl groups is 1. The molecule has 0 amide bonds. The van der Waals surface area contributed by atoms with E-state index in [1.807, 2.05) is 0 Å². The topological polar surface area (TPSA) is 20.2 Å². The highest BCUT2D eigenvalue weighted by atomic mass is 79.9. The van der Waals surface area contributed by atoms with Gasteiger partial charge in [-0.1, -0.05) is 15.9 Å². The summed E-state index contributed by atoms with van der Waals surface area (Å²) >= 11 is 2.72. The van der Waals surface area contributed by atoms with Gasteiger partial charge >= 0.3 is 0 Å². The second-order valence-corrected chi connectivity index (χ2v) is 2.98. The van der Waals surface area contributed by atoms with Crippen molar-refractivity contribution in [1.82, 2.24) is 0 Å². The number of hydrogen-bond donors (Lipinski definition) is 1. The molecule has 0 fully saturated rings. The Balaban J connectivity index is 3.28. The third kappa shape index (κ3) is 1.72. The molecule has 0 aliphatic carbocycles. The highest BCUT2D eigenvalue weighted by Crippen LogP contribution is 2.32. The smallest absolute Gasteiger partial charge is 0.267 e. The van der Waals surface area contributed by atoms with E-state index in [1.165, 1.54) is 0 Å². The highest BCUT2D eigenvalue weighted by molar-refractivity contribution is 9.10. The molecule has 0 saturated heterocycles. The number of hydrogen-bond acceptors (Lipinski definition) is 1. The molecule has 0 spiro atoms. The van der Waals surface area contributed by atoms with Crippen LogP contribution in [-0.4, -0.2) is 5.11 Å². The normalized spacial score (nSPS) is 10.8. The van der Waals surface area contributed by atoms with Gasteiger partial charge in [0.1, 0.15) is 11.6 Å². The van der Waals surface area contributed by atoms with Gasteiger partial charge < -0.3 is 5.11 Å². The summed E-state index contributed by atoms with van der Waals surface area (Å²) < 4.78 is 36.7. The van der Waals surface area contributed by atoms with E-state index in [4.69, 9.17) is 5.11 Å². The Bertz CT molecular complexity index is 278. The van der Waals surface area contributed by atoms with Crippen molar-refractivity contribution in [1.29, 1.82) is 0 Å². The Morgan fingerprint density at radius 3 is 2.33 bits per heavy atom. The van der Waals surface area contributed by atoms with Crippen molar-refractivity contribution in [3.63, 3.8) is 0 Å². The highest BCUT2D eigenvalue weighted by Gasteiger charge is 2.17. The average molecular weight is 241 g/mol. The van der Waals surface area contributed by atoms with Gasteiger partial charge in [-0.2, -0.15) is 0 Å². The fraction of sp³-hybridized carbons (Fsp3) is 0.143. The molecule has 0 radical (unpaired) electrons. The minimum absolute atomic E-state index is 0.130. The summed E-state index contributed by atoms with van der Waals surface area (Å²) in [5.74, 6) is -1.50. The Morgan fingerprint density at radius 2 is 1.92 bits per heavy atom. The Labute approximate surface area is 75.0 Å². The first kappa shape index (κ1) is 9.38. The molecule has 0 bridgehead atoms. The summed E-state index contributed by atoms with van der Waals surface area (Å²) in [6.45, 7) is 0. The SMILES string of the molecule is Oc1cc(F)c(C(F)F)c(Br)c1. The van der Waals surface area contributed by atoms with Crippen molar-refractivity contribution in [2.45, 2.75) is 6.43 Å². The van der Waals surface area contributed by atoms with Crippen LogP contribution in [0.5, 0.6) is 5.75 Å². The van der Waals surface area contributed by atoms with Crippen molar-refractivity contribution in [3.05, 3.63) is 28.0 Å². The Kier molecular flexibility index (Phi) is 2.62. The molecule has 1 N–H and O–H groups in total. The maximum absolute atomic E-state index is 12.7. The molecule has 0 saturated carbocycles. The van der Waals surface area contributed by atoms with Gasteiger partial charge in [-0.15, -0.1) is 0 Å². The minimum atomic E-state index is -2.89. The van der Waals surface area contributed by atoms with E-state index in [0.29, 0.717) is 6.07 Å². The van der Waals surface area contributed by atoms with Gasteiger partial charge in [0.25, 0.3) is 6.43 Å². The van der Waals surface area contributed by atoms with Crippen LogP contribution in [0.1, 0.15) is 12.0 Å². The largest absolute Gasteiger partial charge is 0.508 e. The fourth-order valence-electron chi connectivity index (χ4n) is 0.779. The van der Waals surface area contributed by atoms with Gasteiger partial charge in [-0.25, -0.2) is 13.2 Å². The summed E-state index contributed by atoms with van der Waals surface area (Å²) in [4.78, 5) is 0. The summed E-state index contributed by atoms with van der Waals surface area (Å²) in [7, 11) is 0. The second-order valence-electron chi connectivity index (χ2n) is 2.12. The quantitative estimate of drug-likeness (QED) is 0.800. The summed E-state index contributed by atoms with van der Waals surface area (Å²) in [5, 5.41) is 8.79. The van der Waals surface area contributed by atoms with Crippen LogP contribution in [0.25, 0.3) is 0 Å². The molecular weight excluding hydrogens is 237 g/mol. The molecule has 0 atom stereocenters.